The lowest BCUT2D eigenvalue weighted by atomic mass is 9.83. The quantitative estimate of drug-likeness (QED) is 0.777. The van der Waals surface area contributed by atoms with E-state index in [2.05, 4.69) is 59.1 Å². The van der Waals surface area contributed by atoms with Crippen molar-refractivity contribution in [2.45, 2.75) is 79.3 Å². The monoisotopic (exact) mass is 270 g/mol. The SMILES string of the molecule is CNC(C)(C)CC(C)(C)NC(=O)C(C)CC(C)(C)C. The van der Waals surface area contributed by atoms with Crippen molar-refractivity contribution in [1.29, 1.82) is 0 Å². The summed E-state index contributed by atoms with van der Waals surface area (Å²) in [5.74, 6) is 0.212. The fourth-order valence-corrected chi connectivity index (χ4v) is 2.71. The molecule has 0 aliphatic carbocycles. The van der Waals surface area contributed by atoms with Gasteiger partial charge in [-0.25, -0.2) is 0 Å². The summed E-state index contributed by atoms with van der Waals surface area (Å²) in [4.78, 5) is 12.3. The van der Waals surface area contributed by atoms with Crippen LogP contribution in [0.5, 0.6) is 0 Å². The van der Waals surface area contributed by atoms with Crippen LogP contribution in [0.1, 0.15) is 68.2 Å². The average Bonchev–Trinajstić information content (AvgIpc) is 2.12. The minimum Gasteiger partial charge on any atom is -0.351 e. The van der Waals surface area contributed by atoms with E-state index in [1.165, 1.54) is 0 Å². The van der Waals surface area contributed by atoms with Crippen LogP contribution >= 0.6 is 0 Å². The number of rotatable bonds is 6. The number of carbonyl (C=O) groups excluding carboxylic acids is 1. The number of nitrogens with one attached hydrogen (secondary N) is 2. The van der Waals surface area contributed by atoms with Crippen LogP contribution in [0.25, 0.3) is 0 Å². The van der Waals surface area contributed by atoms with Gasteiger partial charge in [-0.05, 0) is 53.0 Å². The van der Waals surface area contributed by atoms with Gasteiger partial charge in [-0.2, -0.15) is 0 Å². The van der Waals surface area contributed by atoms with Crippen LogP contribution in [-0.4, -0.2) is 24.0 Å². The molecule has 114 valence electrons. The van der Waals surface area contributed by atoms with E-state index in [4.69, 9.17) is 0 Å². The van der Waals surface area contributed by atoms with E-state index < -0.39 is 0 Å². The van der Waals surface area contributed by atoms with E-state index in [0.717, 1.165) is 12.8 Å². The zero-order valence-electron chi connectivity index (χ0n) is 14.4. The van der Waals surface area contributed by atoms with Crippen LogP contribution in [0.3, 0.4) is 0 Å². The standard InChI is InChI=1S/C16H34N2O/c1-12(10-14(2,3)4)13(19)18-16(7,8)11-15(5,6)17-9/h12,17H,10-11H2,1-9H3,(H,18,19). The molecule has 0 rings (SSSR count). The summed E-state index contributed by atoms with van der Waals surface area (Å²) in [6.45, 7) is 17.0. The molecule has 0 radical (unpaired) electrons. The molecule has 0 aromatic carbocycles. The van der Waals surface area contributed by atoms with Gasteiger partial charge in [0.15, 0.2) is 0 Å². The minimum absolute atomic E-state index is 0.0179. The summed E-state index contributed by atoms with van der Waals surface area (Å²) in [6, 6.07) is 0. The lowest BCUT2D eigenvalue weighted by Crippen LogP contribution is -2.52. The zero-order valence-corrected chi connectivity index (χ0v) is 14.4. The molecule has 1 atom stereocenters. The molecule has 0 aliphatic rings. The lowest BCUT2D eigenvalue weighted by molar-refractivity contribution is -0.127. The van der Waals surface area contributed by atoms with Gasteiger partial charge in [0.25, 0.3) is 0 Å². The maximum absolute atomic E-state index is 12.3. The number of carbonyl (C=O) groups is 1. The van der Waals surface area contributed by atoms with Crippen LogP contribution in [0.15, 0.2) is 0 Å². The van der Waals surface area contributed by atoms with Crippen LogP contribution in [0, 0.1) is 11.3 Å². The van der Waals surface area contributed by atoms with Crippen molar-refractivity contribution in [1.82, 2.24) is 10.6 Å². The molecular formula is C16H34N2O. The highest BCUT2D eigenvalue weighted by molar-refractivity contribution is 5.79. The zero-order chi connectivity index (χ0) is 15.5. The first kappa shape index (κ1) is 18.4. The van der Waals surface area contributed by atoms with Crippen LogP contribution < -0.4 is 10.6 Å². The molecule has 0 aliphatic heterocycles. The molecule has 0 saturated heterocycles. The summed E-state index contributed by atoms with van der Waals surface area (Å²) < 4.78 is 0. The molecule has 0 aromatic rings. The molecule has 0 bridgehead atoms. The molecule has 2 N–H and O–H groups in total. The smallest absolute Gasteiger partial charge is 0.223 e. The lowest BCUT2D eigenvalue weighted by Gasteiger charge is -2.36. The Morgan fingerprint density at radius 2 is 1.47 bits per heavy atom. The van der Waals surface area contributed by atoms with Crippen molar-refractivity contribution in [2.75, 3.05) is 7.05 Å². The van der Waals surface area contributed by atoms with Crippen LogP contribution in [0.2, 0.25) is 0 Å². The van der Waals surface area contributed by atoms with Gasteiger partial charge in [0.2, 0.25) is 5.91 Å². The first-order valence-corrected chi connectivity index (χ1v) is 7.29. The van der Waals surface area contributed by atoms with E-state index in [1.54, 1.807) is 0 Å². The fraction of sp³-hybridized carbons (Fsp3) is 0.938. The van der Waals surface area contributed by atoms with Gasteiger partial charge in [0.05, 0.1) is 0 Å². The Bertz CT molecular complexity index is 300. The second-order valence-electron chi connectivity index (χ2n) is 8.35. The Labute approximate surface area is 119 Å². The molecule has 0 fully saturated rings. The maximum atomic E-state index is 12.3. The van der Waals surface area contributed by atoms with E-state index in [9.17, 15) is 4.79 Å². The third kappa shape index (κ3) is 8.25. The van der Waals surface area contributed by atoms with Crippen molar-refractivity contribution in [2.24, 2.45) is 11.3 Å². The van der Waals surface area contributed by atoms with Crippen molar-refractivity contribution in [3.05, 3.63) is 0 Å². The van der Waals surface area contributed by atoms with Gasteiger partial charge in [-0.1, -0.05) is 27.7 Å². The van der Waals surface area contributed by atoms with E-state index in [-0.39, 0.29) is 28.3 Å². The van der Waals surface area contributed by atoms with Gasteiger partial charge in [-0.15, -0.1) is 0 Å². The predicted molar refractivity (Wildman–Crippen MR) is 83.2 cm³/mol. The highest BCUT2D eigenvalue weighted by Gasteiger charge is 2.31. The normalized spacial score (nSPS) is 15.2. The largest absolute Gasteiger partial charge is 0.351 e. The second-order valence-corrected chi connectivity index (χ2v) is 8.35. The van der Waals surface area contributed by atoms with Crippen molar-refractivity contribution >= 4 is 5.91 Å². The Kier molecular flexibility index (Phi) is 6.07. The maximum Gasteiger partial charge on any atom is 0.223 e. The summed E-state index contributed by atoms with van der Waals surface area (Å²) in [5, 5.41) is 6.48. The number of amides is 1. The Balaban J connectivity index is 4.54. The molecule has 3 nitrogen and oxygen atoms in total. The number of hydrogen-bond acceptors (Lipinski definition) is 2. The van der Waals surface area contributed by atoms with Gasteiger partial charge < -0.3 is 10.6 Å². The first-order chi connectivity index (χ1) is 8.28. The molecule has 19 heavy (non-hydrogen) atoms. The first-order valence-electron chi connectivity index (χ1n) is 7.29. The summed E-state index contributed by atoms with van der Waals surface area (Å²) >= 11 is 0. The molecule has 1 amide bonds. The highest BCUT2D eigenvalue weighted by atomic mass is 16.2. The topological polar surface area (TPSA) is 41.1 Å². The van der Waals surface area contributed by atoms with Gasteiger partial charge >= 0.3 is 0 Å². The summed E-state index contributed by atoms with van der Waals surface area (Å²) in [6.07, 6.45) is 1.80. The Hall–Kier alpha value is -0.570. The Morgan fingerprint density at radius 1 is 1.00 bits per heavy atom. The number of hydrogen-bond donors (Lipinski definition) is 2. The van der Waals surface area contributed by atoms with Crippen LogP contribution in [0.4, 0.5) is 0 Å². The summed E-state index contributed by atoms with van der Waals surface area (Å²) in [5.41, 5.74) is 0.00489. The molecule has 1 unspecified atom stereocenters. The van der Waals surface area contributed by atoms with E-state index in [1.807, 2.05) is 14.0 Å². The van der Waals surface area contributed by atoms with Gasteiger partial charge in [0.1, 0.15) is 0 Å². The van der Waals surface area contributed by atoms with Crippen molar-refractivity contribution in [3.8, 4) is 0 Å². The second kappa shape index (κ2) is 6.25. The fourth-order valence-electron chi connectivity index (χ4n) is 2.71. The third-order valence-electron chi connectivity index (χ3n) is 3.39. The molecular weight excluding hydrogens is 236 g/mol. The molecule has 0 spiro atoms. The van der Waals surface area contributed by atoms with E-state index in [0.29, 0.717) is 0 Å². The highest BCUT2D eigenvalue weighted by Crippen LogP contribution is 2.25. The summed E-state index contributed by atoms with van der Waals surface area (Å²) in [7, 11) is 1.96. The molecule has 3 heteroatoms. The van der Waals surface area contributed by atoms with Crippen LogP contribution in [-0.2, 0) is 4.79 Å². The molecule has 0 aromatic heterocycles. The molecule has 0 heterocycles. The average molecular weight is 270 g/mol. The van der Waals surface area contributed by atoms with Crippen molar-refractivity contribution < 1.29 is 4.79 Å². The third-order valence-corrected chi connectivity index (χ3v) is 3.39. The Morgan fingerprint density at radius 3 is 1.84 bits per heavy atom. The van der Waals surface area contributed by atoms with E-state index >= 15 is 0 Å². The minimum atomic E-state index is -0.199. The van der Waals surface area contributed by atoms with Gasteiger partial charge in [-0.3, -0.25) is 4.79 Å². The van der Waals surface area contributed by atoms with Gasteiger partial charge in [0, 0.05) is 17.0 Å². The predicted octanol–water partition coefficient (Wildman–Crippen LogP) is 3.34. The molecule has 0 saturated carbocycles. The van der Waals surface area contributed by atoms with Crippen molar-refractivity contribution in [3.63, 3.8) is 0 Å².